The van der Waals surface area contributed by atoms with Crippen molar-refractivity contribution >= 4 is 36.5 Å². The number of piperazine rings is 1. The second-order valence-corrected chi connectivity index (χ2v) is 8.57. The fourth-order valence-electron chi connectivity index (χ4n) is 4.87. The molecule has 3 atom stereocenters. The summed E-state index contributed by atoms with van der Waals surface area (Å²) in [6.07, 6.45) is -3.42. The molecule has 0 bridgehead atoms. The fraction of sp³-hybridized carbons (Fsp3) is 0.700. The molecule has 0 spiro atoms. The van der Waals surface area contributed by atoms with Crippen molar-refractivity contribution in [2.45, 2.75) is 37.5 Å². The Morgan fingerprint density at radius 2 is 1.82 bits per heavy atom. The summed E-state index contributed by atoms with van der Waals surface area (Å²) in [6.45, 7) is 3.84. The second kappa shape index (κ2) is 10.5. The quantitative estimate of drug-likeness (QED) is 0.622. The van der Waals surface area contributed by atoms with Gasteiger partial charge in [-0.25, -0.2) is 13.8 Å². The van der Waals surface area contributed by atoms with Gasteiger partial charge in [-0.2, -0.15) is 13.2 Å². The molecule has 188 valence electrons. The molecule has 3 saturated heterocycles. The predicted molar refractivity (Wildman–Crippen MR) is 118 cm³/mol. The van der Waals surface area contributed by atoms with E-state index in [-0.39, 0.29) is 61.5 Å². The molecule has 0 saturated carbocycles. The van der Waals surface area contributed by atoms with Crippen molar-refractivity contribution in [1.82, 2.24) is 20.1 Å². The largest absolute Gasteiger partial charge is 0.419 e. The lowest BCUT2D eigenvalue weighted by Gasteiger charge is -2.40. The number of rotatable bonds is 3. The number of hydrogen-bond donors (Lipinski definition) is 1. The summed E-state index contributed by atoms with van der Waals surface area (Å²) in [5, 5.41) is 3.18. The lowest BCUT2D eigenvalue weighted by Crippen LogP contribution is -2.53. The first kappa shape index (κ1) is 27.8. The number of nitrogens with one attached hydrogen (secondary N) is 1. The Morgan fingerprint density at radius 3 is 2.39 bits per heavy atom. The van der Waals surface area contributed by atoms with Crippen LogP contribution in [-0.2, 0) is 11.0 Å². The van der Waals surface area contributed by atoms with Crippen molar-refractivity contribution < 1.29 is 26.7 Å². The van der Waals surface area contributed by atoms with Gasteiger partial charge in [0.25, 0.3) is 5.92 Å². The van der Waals surface area contributed by atoms with E-state index in [4.69, 9.17) is 0 Å². The van der Waals surface area contributed by atoms with Gasteiger partial charge in [0.05, 0.1) is 18.2 Å². The summed E-state index contributed by atoms with van der Waals surface area (Å²) in [5.41, 5.74) is -0.743. The molecular formula is C20H28Cl2F5N5O. The predicted octanol–water partition coefficient (Wildman–Crippen LogP) is 2.91. The Labute approximate surface area is 201 Å². The summed E-state index contributed by atoms with van der Waals surface area (Å²) < 4.78 is 66.9. The first-order valence-electron chi connectivity index (χ1n) is 10.5. The summed E-state index contributed by atoms with van der Waals surface area (Å²) in [5.74, 6) is -3.27. The molecule has 1 aromatic heterocycles. The van der Waals surface area contributed by atoms with E-state index < -0.39 is 30.2 Å². The van der Waals surface area contributed by atoms with E-state index in [2.05, 4.69) is 15.2 Å². The third-order valence-corrected chi connectivity index (χ3v) is 6.60. The molecule has 3 aliphatic heterocycles. The van der Waals surface area contributed by atoms with Crippen molar-refractivity contribution in [3.63, 3.8) is 0 Å². The molecule has 0 aromatic carbocycles. The third kappa shape index (κ3) is 5.80. The summed E-state index contributed by atoms with van der Waals surface area (Å²) in [7, 11) is 0. The Balaban J connectivity index is 0.00000193. The molecule has 33 heavy (non-hydrogen) atoms. The van der Waals surface area contributed by atoms with Crippen LogP contribution < -0.4 is 10.2 Å². The molecule has 1 amide bonds. The van der Waals surface area contributed by atoms with Gasteiger partial charge in [0.15, 0.2) is 0 Å². The number of nitrogens with zero attached hydrogens (tertiary/aromatic N) is 4. The number of halogens is 7. The van der Waals surface area contributed by atoms with E-state index >= 15 is 0 Å². The molecule has 4 rings (SSSR count). The van der Waals surface area contributed by atoms with Crippen LogP contribution in [0, 0.1) is 5.92 Å². The van der Waals surface area contributed by atoms with Crippen LogP contribution in [0.25, 0.3) is 0 Å². The zero-order chi connectivity index (χ0) is 22.4. The van der Waals surface area contributed by atoms with Crippen molar-refractivity contribution in [3.8, 4) is 0 Å². The minimum Gasteiger partial charge on any atom is -0.354 e. The van der Waals surface area contributed by atoms with E-state index in [1.165, 1.54) is 17.2 Å². The lowest BCUT2D eigenvalue weighted by atomic mass is 9.96. The highest BCUT2D eigenvalue weighted by Gasteiger charge is 2.47. The Morgan fingerprint density at radius 1 is 1.15 bits per heavy atom. The van der Waals surface area contributed by atoms with Crippen LogP contribution in [0.3, 0.4) is 0 Å². The normalized spacial score (nSPS) is 27.8. The Hall–Kier alpha value is -1.43. The molecule has 3 fully saturated rings. The van der Waals surface area contributed by atoms with Crippen LogP contribution in [0.2, 0.25) is 0 Å². The van der Waals surface area contributed by atoms with Crippen molar-refractivity contribution in [2.75, 3.05) is 50.7 Å². The highest BCUT2D eigenvalue weighted by Crippen LogP contribution is 2.36. The standard InChI is InChI=1S/C20H26F5N5O.2ClH/c1-13-15(11-27-16(13)18(31)30-6-4-19(21,22)12-30)28-7-9-29(10-8-28)17-14(20(23,24)25)3-2-5-26-17;;/h2-3,5,13,15-16,27H,4,6-12H2,1H3;2*1H/t13-,15+,16-;;/m0../s1. The van der Waals surface area contributed by atoms with Gasteiger partial charge in [-0.15, -0.1) is 24.8 Å². The smallest absolute Gasteiger partial charge is 0.354 e. The van der Waals surface area contributed by atoms with Gasteiger partial charge in [-0.05, 0) is 18.1 Å². The minimum absolute atomic E-state index is 0. The highest BCUT2D eigenvalue weighted by atomic mass is 35.5. The highest BCUT2D eigenvalue weighted by molar-refractivity contribution is 5.85. The van der Waals surface area contributed by atoms with Gasteiger partial charge in [0.2, 0.25) is 5.91 Å². The molecular weight excluding hydrogens is 492 g/mol. The van der Waals surface area contributed by atoms with Gasteiger partial charge in [-0.3, -0.25) is 9.69 Å². The number of anilines is 1. The zero-order valence-electron chi connectivity index (χ0n) is 18.0. The van der Waals surface area contributed by atoms with E-state index in [9.17, 15) is 26.7 Å². The molecule has 0 aliphatic carbocycles. The molecule has 4 heterocycles. The maximum absolute atomic E-state index is 13.5. The van der Waals surface area contributed by atoms with E-state index in [1.54, 1.807) is 4.90 Å². The first-order valence-corrected chi connectivity index (χ1v) is 10.5. The van der Waals surface area contributed by atoms with E-state index in [1.807, 2.05) is 6.92 Å². The van der Waals surface area contributed by atoms with Gasteiger partial charge in [0.1, 0.15) is 5.82 Å². The minimum atomic E-state index is -4.47. The lowest BCUT2D eigenvalue weighted by molar-refractivity contribution is -0.137. The van der Waals surface area contributed by atoms with Crippen LogP contribution in [0.1, 0.15) is 18.9 Å². The number of pyridine rings is 1. The number of amides is 1. The van der Waals surface area contributed by atoms with Gasteiger partial charge in [-0.1, -0.05) is 6.92 Å². The van der Waals surface area contributed by atoms with Crippen LogP contribution in [0.5, 0.6) is 0 Å². The van der Waals surface area contributed by atoms with Gasteiger partial charge < -0.3 is 15.1 Å². The molecule has 0 unspecified atom stereocenters. The fourth-order valence-corrected chi connectivity index (χ4v) is 4.87. The summed E-state index contributed by atoms with van der Waals surface area (Å²) >= 11 is 0. The summed E-state index contributed by atoms with van der Waals surface area (Å²) in [4.78, 5) is 21.7. The Bertz CT molecular complexity index is 822. The number of carbonyl (C=O) groups excluding carboxylic acids is 1. The van der Waals surface area contributed by atoms with Crippen molar-refractivity contribution in [3.05, 3.63) is 23.9 Å². The molecule has 6 nitrogen and oxygen atoms in total. The SMILES string of the molecule is C[C@@H]1[C@@H](C(=O)N2CCC(F)(F)C2)NC[C@H]1N1CCN(c2ncccc2C(F)(F)F)CC1.Cl.Cl. The van der Waals surface area contributed by atoms with E-state index in [0.29, 0.717) is 32.7 Å². The molecule has 1 N–H and O–H groups in total. The molecule has 3 aliphatic rings. The topological polar surface area (TPSA) is 51.7 Å². The zero-order valence-corrected chi connectivity index (χ0v) is 19.7. The maximum Gasteiger partial charge on any atom is 0.419 e. The van der Waals surface area contributed by atoms with Crippen molar-refractivity contribution in [2.24, 2.45) is 5.92 Å². The average molecular weight is 520 g/mol. The number of carbonyl (C=O) groups is 1. The second-order valence-electron chi connectivity index (χ2n) is 8.57. The number of hydrogen-bond acceptors (Lipinski definition) is 5. The van der Waals surface area contributed by atoms with Gasteiger partial charge in [0, 0.05) is 57.9 Å². The van der Waals surface area contributed by atoms with Crippen LogP contribution in [-0.4, -0.2) is 84.5 Å². The number of alkyl halides is 5. The molecule has 0 radical (unpaired) electrons. The van der Waals surface area contributed by atoms with E-state index in [0.717, 1.165) is 6.07 Å². The Kier molecular flexibility index (Phi) is 8.81. The van der Waals surface area contributed by atoms with Crippen LogP contribution in [0.15, 0.2) is 18.3 Å². The number of aromatic nitrogens is 1. The number of likely N-dealkylation sites (tertiary alicyclic amines) is 1. The molecule has 1 aromatic rings. The third-order valence-electron chi connectivity index (χ3n) is 6.60. The monoisotopic (exact) mass is 519 g/mol. The summed E-state index contributed by atoms with van der Waals surface area (Å²) in [6, 6.07) is 1.81. The van der Waals surface area contributed by atoms with Crippen LogP contribution >= 0.6 is 24.8 Å². The molecule has 13 heteroatoms. The maximum atomic E-state index is 13.5. The first-order chi connectivity index (χ1) is 14.6. The van der Waals surface area contributed by atoms with Gasteiger partial charge >= 0.3 is 6.18 Å². The average Bonchev–Trinajstić information content (AvgIpc) is 3.29. The van der Waals surface area contributed by atoms with Crippen LogP contribution in [0.4, 0.5) is 27.8 Å². The van der Waals surface area contributed by atoms with Crippen molar-refractivity contribution in [1.29, 1.82) is 0 Å².